The first-order valence-corrected chi connectivity index (χ1v) is 12.7. The van der Waals surface area contributed by atoms with Gasteiger partial charge in [-0.25, -0.2) is 0 Å². The largest absolute Gasteiger partial charge is 0.392 e. The normalized spacial score (nSPS) is 60.9. The topological polar surface area (TPSA) is 101 Å². The van der Waals surface area contributed by atoms with Crippen molar-refractivity contribution in [1.29, 1.82) is 0 Å². The summed E-state index contributed by atoms with van der Waals surface area (Å²) in [4.78, 5) is 2.33. The molecular formula is C25H41NO7. The van der Waals surface area contributed by atoms with Crippen LogP contribution in [-0.4, -0.2) is 110 Å². The Morgan fingerprint density at radius 2 is 1.82 bits per heavy atom. The Bertz CT molecular complexity index is 814. The lowest BCUT2D eigenvalue weighted by atomic mass is 9.42. The second-order valence-electron chi connectivity index (χ2n) is 11.9. The standard InChI is InChI=1S/C25H41NO7/c1-6-26-11-22(12-30-2)8-7-16(27)24-14-9-13-15(31-3)10-23(28,17(14)18(13)32-4)25(29,21(24)26)20(33-5)19(22)24/h13-21,27-29H,6-12H2,1-5H3/t13-,14-,15+,16?,17-,18+,19-,20+,21?,22+,23?,24+,25?/m1/s1. The van der Waals surface area contributed by atoms with Gasteiger partial charge in [0.25, 0.3) is 0 Å². The number of methoxy groups -OCH3 is 4. The van der Waals surface area contributed by atoms with Crippen molar-refractivity contribution < 1.29 is 34.3 Å². The van der Waals surface area contributed by atoms with Crippen LogP contribution in [0.5, 0.6) is 0 Å². The van der Waals surface area contributed by atoms with E-state index >= 15 is 0 Å². The number of nitrogens with zero attached hydrogens (tertiary/aromatic N) is 1. The smallest absolute Gasteiger partial charge is 0.136 e. The second kappa shape index (κ2) is 7.13. The van der Waals surface area contributed by atoms with Crippen molar-refractivity contribution in [3.63, 3.8) is 0 Å². The van der Waals surface area contributed by atoms with Crippen molar-refractivity contribution in [1.82, 2.24) is 4.90 Å². The van der Waals surface area contributed by atoms with Gasteiger partial charge in [0.05, 0.1) is 37.1 Å². The van der Waals surface area contributed by atoms with Gasteiger partial charge in [-0.05, 0) is 31.7 Å². The quantitative estimate of drug-likeness (QED) is 0.512. The first kappa shape index (κ1) is 23.1. The molecular weight excluding hydrogens is 426 g/mol. The molecule has 1 heterocycles. The van der Waals surface area contributed by atoms with Gasteiger partial charge in [-0.2, -0.15) is 0 Å². The average Bonchev–Trinajstić information content (AvgIpc) is 3.22. The molecule has 7 bridgehead atoms. The van der Waals surface area contributed by atoms with Crippen LogP contribution in [0.15, 0.2) is 0 Å². The van der Waals surface area contributed by atoms with Crippen LogP contribution in [0.4, 0.5) is 0 Å². The van der Waals surface area contributed by atoms with Crippen LogP contribution >= 0.6 is 0 Å². The van der Waals surface area contributed by atoms with Crippen LogP contribution in [0.25, 0.3) is 0 Å². The summed E-state index contributed by atoms with van der Waals surface area (Å²) in [6.45, 7) is 4.18. The lowest BCUT2D eigenvalue weighted by Gasteiger charge is -2.69. The van der Waals surface area contributed by atoms with Crippen molar-refractivity contribution in [3.8, 4) is 0 Å². The SMILES string of the molecule is CCN1C[C@]2(COC)CCC(O)[C@]34C1C(O)([C@@H](OC)[C@H]23)C1(O)C[C@H](OC)[C@H]2C[C@@H]4[C@@H]1[C@H]2OC. The first-order chi connectivity index (χ1) is 15.8. The minimum absolute atomic E-state index is 0.00825. The molecule has 8 heteroatoms. The van der Waals surface area contributed by atoms with Crippen molar-refractivity contribution >= 4 is 0 Å². The van der Waals surface area contributed by atoms with Gasteiger partial charge in [0.15, 0.2) is 0 Å². The van der Waals surface area contributed by atoms with E-state index in [1.54, 1.807) is 28.4 Å². The summed E-state index contributed by atoms with van der Waals surface area (Å²) >= 11 is 0. The summed E-state index contributed by atoms with van der Waals surface area (Å²) < 4.78 is 24.0. The molecule has 1 spiro atoms. The summed E-state index contributed by atoms with van der Waals surface area (Å²) in [5.41, 5.74) is -3.82. The number of hydrogen-bond acceptors (Lipinski definition) is 8. The number of aliphatic hydroxyl groups excluding tert-OH is 1. The third kappa shape index (κ3) is 2.20. The van der Waals surface area contributed by atoms with Gasteiger partial charge in [-0.3, -0.25) is 4.90 Å². The van der Waals surface area contributed by atoms with Crippen LogP contribution in [0.1, 0.15) is 32.6 Å². The van der Waals surface area contributed by atoms with E-state index in [1.807, 2.05) is 0 Å². The fourth-order valence-electron chi connectivity index (χ4n) is 11.0. The monoisotopic (exact) mass is 467 g/mol. The molecule has 188 valence electrons. The molecule has 0 aromatic rings. The van der Waals surface area contributed by atoms with Gasteiger partial charge in [0, 0.05) is 70.0 Å². The average molecular weight is 468 g/mol. The van der Waals surface area contributed by atoms with Crippen molar-refractivity contribution in [2.24, 2.45) is 34.5 Å². The number of aliphatic hydroxyl groups is 3. The molecule has 8 nitrogen and oxygen atoms in total. The number of likely N-dealkylation sites (N-methyl/N-ethyl adjacent to an activating group) is 1. The van der Waals surface area contributed by atoms with E-state index in [4.69, 9.17) is 18.9 Å². The Morgan fingerprint density at radius 1 is 1.06 bits per heavy atom. The van der Waals surface area contributed by atoms with Gasteiger partial charge in [0.1, 0.15) is 11.2 Å². The molecule has 4 unspecified atom stereocenters. The molecule has 1 aliphatic heterocycles. The maximum atomic E-state index is 12.9. The second-order valence-corrected chi connectivity index (χ2v) is 11.9. The Balaban J connectivity index is 1.67. The summed E-state index contributed by atoms with van der Waals surface area (Å²) in [5, 5.41) is 37.6. The van der Waals surface area contributed by atoms with E-state index in [1.165, 1.54) is 0 Å². The molecule has 5 aliphatic carbocycles. The van der Waals surface area contributed by atoms with Gasteiger partial charge in [-0.15, -0.1) is 0 Å². The van der Waals surface area contributed by atoms with Crippen molar-refractivity contribution in [2.45, 2.75) is 74.3 Å². The predicted molar refractivity (Wildman–Crippen MR) is 119 cm³/mol. The molecule has 0 aromatic carbocycles. The molecule has 0 amide bonds. The van der Waals surface area contributed by atoms with Gasteiger partial charge in [-0.1, -0.05) is 6.92 Å². The van der Waals surface area contributed by atoms with E-state index in [0.29, 0.717) is 19.4 Å². The van der Waals surface area contributed by atoms with Crippen LogP contribution in [0.3, 0.4) is 0 Å². The van der Waals surface area contributed by atoms with Crippen LogP contribution < -0.4 is 0 Å². The Hall–Kier alpha value is -0.320. The number of hydrogen-bond donors (Lipinski definition) is 3. The first-order valence-electron chi connectivity index (χ1n) is 12.7. The van der Waals surface area contributed by atoms with Gasteiger partial charge >= 0.3 is 0 Å². The molecule has 6 rings (SSSR count). The molecule has 0 aromatic heterocycles. The third-order valence-corrected chi connectivity index (χ3v) is 11.5. The lowest BCUT2D eigenvalue weighted by Crippen LogP contribution is -2.82. The van der Waals surface area contributed by atoms with E-state index in [-0.39, 0.29) is 47.3 Å². The summed E-state index contributed by atoms with van der Waals surface area (Å²) in [5.74, 6) is -0.231. The molecule has 0 radical (unpaired) electrons. The number of piperidine rings is 1. The zero-order valence-electron chi connectivity index (χ0n) is 20.6. The highest BCUT2D eigenvalue weighted by Crippen LogP contribution is 2.80. The minimum Gasteiger partial charge on any atom is -0.392 e. The highest BCUT2D eigenvalue weighted by Gasteiger charge is 2.91. The highest BCUT2D eigenvalue weighted by atomic mass is 16.5. The van der Waals surface area contributed by atoms with E-state index in [2.05, 4.69) is 11.8 Å². The molecule has 13 atom stereocenters. The summed E-state index contributed by atoms with van der Waals surface area (Å²) in [6, 6.07) is -0.386. The van der Waals surface area contributed by atoms with Crippen LogP contribution in [0.2, 0.25) is 0 Å². The molecule has 3 N–H and O–H groups in total. The zero-order valence-corrected chi connectivity index (χ0v) is 20.6. The van der Waals surface area contributed by atoms with Crippen molar-refractivity contribution in [3.05, 3.63) is 0 Å². The van der Waals surface area contributed by atoms with Crippen LogP contribution in [-0.2, 0) is 18.9 Å². The number of rotatable bonds is 6. The lowest BCUT2D eigenvalue weighted by molar-refractivity contribution is -0.318. The molecule has 6 aliphatic rings. The maximum Gasteiger partial charge on any atom is 0.136 e. The number of fused-ring (bicyclic) bond motifs is 2. The summed E-state index contributed by atoms with van der Waals surface area (Å²) in [7, 11) is 6.79. The van der Waals surface area contributed by atoms with Crippen molar-refractivity contribution in [2.75, 3.05) is 48.1 Å². The number of ether oxygens (including phenoxy) is 4. The number of likely N-dealkylation sites (tertiary alicyclic amines) is 1. The third-order valence-electron chi connectivity index (χ3n) is 11.5. The van der Waals surface area contributed by atoms with E-state index in [9.17, 15) is 15.3 Å². The van der Waals surface area contributed by atoms with E-state index in [0.717, 1.165) is 25.9 Å². The summed E-state index contributed by atoms with van der Waals surface area (Å²) in [6.07, 6.45) is 1.06. The molecule has 5 saturated carbocycles. The van der Waals surface area contributed by atoms with Crippen LogP contribution in [0, 0.1) is 34.5 Å². The maximum absolute atomic E-state index is 12.9. The predicted octanol–water partition coefficient (Wildman–Crippen LogP) is 0.271. The van der Waals surface area contributed by atoms with Gasteiger partial charge in [0.2, 0.25) is 0 Å². The Kier molecular flexibility index (Phi) is 4.99. The fraction of sp³-hybridized carbons (Fsp3) is 1.00. The Labute approximate surface area is 196 Å². The molecule has 1 saturated heterocycles. The highest BCUT2D eigenvalue weighted by molar-refractivity contribution is 5.41. The zero-order chi connectivity index (χ0) is 23.6. The Morgan fingerprint density at radius 3 is 2.42 bits per heavy atom. The van der Waals surface area contributed by atoms with E-state index < -0.39 is 28.8 Å². The fourth-order valence-corrected chi connectivity index (χ4v) is 11.0. The molecule has 33 heavy (non-hydrogen) atoms. The minimum atomic E-state index is -1.55. The van der Waals surface area contributed by atoms with Gasteiger partial charge < -0.3 is 34.3 Å². The molecule has 6 fully saturated rings.